The predicted octanol–water partition coefficient (Wildman–Crippen LogP) is 5.98. The molecule has 0 aliphatic carbocycles. The van der Waals surface area contributed by atoms with Crippen LogP contribution in [0.15, 0.2) is 102 Å². The number of methoxy groups -OCH3 is 2. The van der Waals surface area contributed by atoms with Crippen molar-refractivity contribution in [2.75, 3.05) is 30.4 Å². The van der Waals surface area contributed by atoms with Crippen LogP contribution in [0.4, 0.5) is 11.4 Å². The molecule has 0 radical (unpaired) electrons. The maximum absolute atomic E-state index is 13.7. The minimum absolute atomic E-state index is 0.0263. The van der Waals surface area contributed by atoms with Gasteiger partial charge in [-0.1, -0.05) is 48.0 Å². The Balaban J connectivity index is 1.68. The Morgan fingerprint density at radius 1 is 0.816 bits per heavy atom. The second kappa shape index (κ2) is 11.9. The van der Waals surface area contributed by atoms with E-state index in [-0.39, 0.29) is 16.3 Å². The van der Waals surface area contributed by atoms with E-state index in [2.05, 4.69) is 5.32 Å². The Bertz CT molecular complexity index is 1520. The van der Waals surface area contributed by atoms with Crippen molar-refractivity contribution in [1.82, 2.24) is 0 Å². The highest BCUT2D eigenvalue weighted by Crippen LogP contribution is 2.35. The van der Waals surface area contributed by atoms with Gasteiger partial charge in [-0.2, -0.15) is 0 Å². The lowest BCUT2D eigenvalue weighted by atomic mass is 10.2. The first-order chi connectivity index (χ1) is 18.3. The molecule has 0 atom stereocenters. The molecule has 1 amide bonds. The number of carbonyl (C=O) groups excluding carboxylic acids is 1. The highest BCUT2D eigenvalue weighted by Gasteiger charge is 2.28. The Hall–Kier alpha value is -4.21. The van der Waals surface area contributed by atoms with Crippen LogP contribution >= 0.6 is 11.6 Å². The third kappa shape index (κ3) is 6.19. The lowest BCUT2D eigenvalue weighted by Crippen LogP contribution is -2.38. The summed E-state index contributed by atoms with van der Waals surface area (Å²) in [5.74, 6) is 1.02. The van der Waals surface area contributed by atoms with E-state index in [1.807, 2.05) is 18.2 Å². The summed E-state index contributed by atoms with van der Waals surface area (Å²) < 4.78 is 44.9. The molecule has 0 aliphatic rings. The summed E-state index contributed by atoms with van der Waals surface area (Å²) in [5.41, 5.74) is 0.504. The van der Waals surface area contributed by atoms with Crippen molar-refractivity contribution in [3.05, 3.63) is 102 Å². The molecular weight excluding hydrogens is 528 g/mol. The molecule has 0 aliphatic heterocycles. The van der Waals surface area contributed by atoms with E-state index in [9.17, 15) is 13.2 Å². The van der Waals surface area contributed by atoms with Gasteiger partial charge in [-0.15, -0.1) is 0 Å². The maximum Gasteiger partial charge on any atom is 0.264 e. The average Bonchev–Trinajstić information content (AvgIpc) is 2.94. The molecule has 0 bridgehead atoms. The number of benzene rings is 4. The van der Waals surface area contributed by atoms with Gasteiger partial charge in [-0.25, -0.2) is 8.42 Å². The van der Waals surface area contributed by atoms with Gasteiger partial charge in [0.05, 0.1) is 30.5 Å². The van der Waals surface area contributed by atoms with Crippen molar-refractivity contribution < 1.29 is 27.4 Å². The third-order valence-corrected chi connectivity index (χ3v) is 7.48. The summed E-state index contributed by atoms with van der Waals surface area (Å²) in [5, 5.41) is 3.11. The van der Waals surface area contributed by atoms with E-state index < -0.39 is 22.5 Å². The molecule has 0 aromatic heterocycles. The largest absolute Gasteiger partial charge is 0.493 e. The van der Waals surface area contributed by atoms with E-state index in [1.54, 1.807) is 54.6 Å². The molecule has 4 rings (SSSR count). The topological polar surface area (TPSA) is 94.2 Å². The Kier molecular flexibility index (Phi) is 8.40. The summed E-state index contributed by atoms with van der Waals surface area (Å²) >= 11 is 6.18. The smallest absolute Gasteiger partial charge is 0.264 e. The number of hydrogen-bond donors (Lipinski definition) is 1. The number of amides is 1. The van der Waals surface area contributed by atoms with Crippen LogP contribution in [-0.4, -0.2) is 35.1 Å². The van der Waals surface area contributed by atoms with Crippen molar-refractivity contribution in [1.29, 1.82) is 0 Å². The van der Waals surface area contributed by atoms with Crippen LogP contribution in [0.1, 0.15) is 0 Å². The standard InChI is InChI=1S/C28H25ClN2O6S/c1-35-26-16-14-21(18-27(26)36-2)31(38(33,34)23-11-7-4-8-12-23)19-28(32)30-24-17-20(29)13-15-25(24)37-22-9-5-3-6-10-22/h3-18H,19H2,1-2H3,(H,30,32). The van der Waals surface area contributed by atoms with E-state index >= 15 is 0 Å². The number of halogens is 1. The number of para-hydroxylation sites is 1. The van der Waals surface area contributed by atoms with Gasteiger partial charge in [0.25, 0.3) is 10.0 Å². The van der Waals surface area contributed by atoms with Crippen LogP contribution in [-0.2, 0) is 14.8 Å². The zero-order valence-electron chi connectivity index (χ0n) is 20.6. The van der Waals surface area contributed by atoms with Gasteiger partial charge in [-0.3, -0.25) is 9.10 Å². The summed E-state index contributed by atoms with van der Waals surface area (Å²) in [6.07, 6.45) is 0. The van der Waals surface area contributed by atoms with E-state index in [4.69, 9.17) is 25.8 Å². The van der Waals surface area contributed by atoms with Gasteiger partial charge in [0.15, 0.2) is 17.2 Å². The lowest BCUT2D eigenvalue weighted by Gasteiger charge is -2.25. The molecule has 4 aromatic rings. The molecule has 4 aromatic carbocycles. The van der Waals surface area contributed by atoms with Crippen molar-refractivity contribution >= 4 is 38.9 Å². The number of anilines is 2. The van der Waals surface area contributed by atoms with Crippen molar-refractivity contribution in [2.45, 2.75) is 4.90 Å². The fourth-order valence-corrected chi connectivity index (χ4v) is 5.25. The summed E-state index contributed by atoms with van der Waals surface area (Å²) in [7, 11) is -1.22. The first-order valence-electron chi connectivity index (χ1n) is 11.4. The summed E-state index contributed by atoms with van der Waals surface area (Å²) in [6.45, 7) is -0.538. The van der Waals surface area contributed by atoms with Crippen LogP contribution in [0.25, 0.3) is 0 Å². The van der Waals surface area contributed by atoms with Crippen LogP contribution in [0, 0.1) is 0 Å². The Labute approximate surface area is 226 Å². The van der Waals surface area contributed by atoms with E-state index in [1.165, 1.54) is 38.5 Å². The Morgan fingerprint density at radius 3 is 2.11 bits per heavy atom. The number of rotatable bonds is 10. The number of carbonyl (C=O) groups is 1. The molecule has 1 N–H and O–H groups in total. The number of ether oxygens (including phenoxy) is 3. The van der Waals surface area contributed by atoms with Gasteiger partial charge < -0.3 is 19.5 Å². The molecule has 0 unspecified atom stereocenters. The zero-order valence-corrected chi connectivity index (χ0v) is 22.2. The molecule has 0 saturated carbocycles. The van der Waals surface area contributed by atoms with Crippen LogP contribution in [0.5, 0.6) is 23.0 Å². The quantitative estimate of drug-likeness (QED) is 0.260. The number of sulfonamides is 1. The molecule has 38 heavy (non-hydrogen) atoms. The number of nitrogens with zero attached hydrogens (tertiary/aromatic N) is 1. The van der Waals surface area contributed by atoms with Crippen LogP contribution in [0.3, 0.4) is 0 Å². The van der Waals surface area contributed by atoms with Gasteiger partial charge in [-0.05, 0) is 54.6 Å². The van der Waals surface area contributed by atoms with Crippen LogP contribution < -0.4 is 23.8 Å². The van der Waals surface area contributed by atoms with Crippen molar-refractivity contribution in [3.63, 3.8) is 0 Å². The first-order valence-corrected chi connectivity index (χ1v) is 13.3. The van der Waals surface area contributed by atoms with Crippen molar-refractivity contribution in [3.8, 4) is 23.0 Å². The van der Waals surface area contributed by atoms with Gasteiger partial charge in [0.1, 0.15) is 12.3 Å². The minimum Gasteiger partial charge on any atom is -0.493 e. The first kappa shape index (κ1) is 26.8. The Morgan fingerprint density at radius 2 is 1.45 bits per heavy atom. The fourth-order valence-electron chi connectivity index (χ4n) is 3.64. The molecule has 0 heterocycles. The van der Waals surface area contributed by atoms with Gasteiger partial charge >= 0.3 is 0 Å². The van der Waals surface area contributed by atoms with Crippen LogP contribution in [0.2, 0.25) is 5.02 Å². The molecule has 10 heteroatoms. The lowest BCUT2D eigenvalue weighted by molar-refractivity contribution is -0.114. The maximum atomic E-state index is 13.7. The average molecular weight is 553 g/mol. The number of hydrogen-bond acceptors (Lipinski definition) is 6. The van der Waals surface area contributed by atoms with Gasteiger partial charge in [0, 0.05) is 11.1 Å². The van der Waals surface area contributed by atoms with E-state index in [0.717, 1.165) is 4.31 Å². The second-order valence-electron chi connectivity index (χ2n) is 7.97. The summed E-state index contributed by atoms with van der Waals surface area (Å²) in [4.78, 5) is 13.3. The van der Waals surface area contributed by atoms with E-state index in [0.29, 0.717) is 28.0 Å². The molecule has 196 valence electrons. The SMILES string of the molecule is COc1ccc(N(CC(=O)Nc2cc(Cl)ccc2Oc2ccccc2)S(=O)(=O)c2ccccc2)cc1OC. The minimum atomic E-state index is -4.13. The molecular formula is C28H25ClN2O6S. The summed E-state index contributed by atoms with van der Waals surface area (Å²) in [6, 6.07) is 26.3. The van der Waals surface area contributed by atoms with Gasteiger partial charge in [0.2, 0.25) is 5.91 Å². The molecule has 0 saturated heterocycles. The highest BCUT2D eigenvalue weighted by molar-refractivity contribution is 7.92. The third-order valence-electron chi connectivity index (χ3n) is 5.46. The van der Waals surface area contributed by atoms with Crippen molar-refractivity contribution in [2.24, 2.45) is 0 Å². The molecule has 0 spiro atoms. The second-order valence-corrected chi connectivity index (χ2v) is 10.3. The zero-order chi connectivity index (χ0) is 27.1. The highest BCUT2D eigenvalue weighted by atomic mass is 35.5. The monoisotopic (exact) mass is 552 g/mol. The number of nitrogens with one attached hydrogen (secondary N) is 1. The molecule has 8 nitrogen and oxygen atoms in total. The predicted molar refractivity (Wildman–Crippen MR) is 147 cm³/mol. The normalized spacial score (nSPS) is 10.9. The molecule has 0 fully saturated rings. The fraction of sp³-hybridized carbons (Fsp3) is 0.107.